The van der Waals surface area contributed by atoms with Gasteiger partial charge in [-0.3, -0.25) is 18.7 Å². The van der Waals surface area contributed by atoms with Crippen LogP contribution in [0.25, 0.3) is 0 Å². The summed E-state index contributed by atoms with van der Waals surface area (Å²) in [5, 5.41) is -0.397. The Morgan fingerprint density at radius 1 is 1.47 bits per heavy atom. The van der Waals surface area contributed by atoms with Gasteiger partial charge in [0, 0.05) is 6.54 Å². The lowest BCUT2D eigenvalue weighted by Gasteiger charge is -2.11. The van der Waals surface area contributed by atoms with Gasteiger partial charge in [0.1, 0.15) is 0 Å². The standard InChI is InChI=1S/C7H11NO5S2/c1-2-13-15(11,12)4-3-8-6(9)5-14-7(8)10/h2-5H2,1H3. The number of hydrogen-bond donors (Lipinski definition) is 0. The lowest BCUT2D eigenvalue weighted by molar-refractivity contribution is -0.124. The minimum absolute atomic E-state index is 0.0545. The van der Waals surface area contributed by atoms with Gasteiger partial charge >= 0.3 is 0 Å². The van der Waals surface area contributed by atoms with Gasteiger partial charge < -0.3 is 0 Å². The number of nitrogens with zero attached hydrogens (tertiary/aromatic N) is 1. The van der Waals surface area contributed by atoms with Crippen molar-refractivity contribution in [3.63, 3.8) is 0 Å². The molecule has 1 saturated heterocycles. The summed E-state index contributed by atoms with van der Waals surface area (Å²) in [5.74, 6) is -0.608. The second-order valence-corrected chi connectivity index (χ2v) is 5.45. The molecule has 0 aromatic heterocycles. The van der Waals surface area contributed by atoms with E-state index in [1.807, 2.05) is 0 Å². The second-order valence-electron chi connectivity index (χ2n) is 2.77. The van der Waals surface area contributed by atoms with Crippen molar-refractivity contribution in [3.05, 3.63) is 0 Å². The maximum absolute atomic E-state index is 11.1. The molecule has 0 atom stereocenters. The molecular formula is C7H11NO5S2. The van der Waals surface area contributed by atoms with Crippen molar-refractivity contribution in [3.8, 4) is 0 Å². The number of carbonyl (C=O) groups is 2. The van der Waals surface area contributed by atoms with Gasteiger partial charge in [0.05, 0.1) is 18.1 Å². The third-order valence-electron chi connectivity index (χ3n) is 1.70. The maximum Gasteiger partial charge on any atom is 0.288 e. The number of thioether (sulfide) groups is 1. The molecule has 0 unspecified atom stereocenters. The van der Waals surface area contributed by atoms with E-state index in [4.69, 9.17) is 0 Å². The van der Waals surface area contributed by atoms with Crippen LogP contribution < -0.4 is 0 Å². The Balaban J connectivity index is 2.50. The van der Waals surface area contributed by atoms with E-state index in [9.17, 15) is 18.0 Å². The van der Waals surface area contributed by atoms with Gasteiger partial charge in [-0.25, -0.2) is 0 Å². The molecule has 1 fully saturated rings. The topological polar surface area (TPSA) is 80.8 Å². The minimum Gasteiger partial charge on any atom is -0.273 e. The fourth-order valence-electron chi connectivity index (χ4n) is 1.04. The number of amides is 2. The lowest BCUT2D eigenvalue weighted by Crippen LogP contribution is -2.33. The van der Waals surface area contributed by atoms with Crippen molar-refractivity contribution in [1.82, 2.24) is 4.90 Å². The normalized spacial score (nSPS) is 17.5. The first kappa shape index (κ1) is 12.5. The summed E-state index contributed by atoms with van der Waals surface area (Å²) in [7, 11) is -3.62. The Bertz CT molecular complexity index is 348. The highest BCUT2D eigenvalue weighted by Gasteiger charge is 2.30. The molecule has 0 aliphatic carbocycles. The van der Waals surface area contributed by atoms with E-state index >= 15 is 0 Å². The predicted molar refractivity (Wildman–Crippen MR) is 55.0 cm³/mol. The summed E-state index contributed by atoms with van der Waals surface area (Å²) in [6.07, 6.45) is 0. The summed E-state index contributed by atoms with van der Waals surface area (Å²) in [5.41, 5.74) is 0. The molecule has 6 nitrogen and oxygen atoms in total. The van der Waals surface area contributed by atoms with Crippen molar-refractivity contribution >= 4 is 33.0 Å². The maximum atomic E-state index is 11.1. The number of carbonyl (C=O) groups excluding carboxylic acids is 2. The van der Waals surface area contributed by atoms with Crippen LogP contribution in [0.1, 0.15) is 6.92 Å². The molecule has 86 valence electrons. The largest absolute Gasteiger partial charge is 0.288 e. The van der Waals surface area contributed by atoms with Crippen LogP contribution in [-0.2, 0) is 19.1 Å². The summed E-state index contributed by atoms with van der Waals surface area (Å²) >= 11 is 0.879. The monoisotopic (exact) mass is 253 g/mol. The van der Waals surface area contributed by atoms with Crippen molar-refractivity contribution in [2.75, 3.05) is 24.7 Å². The molecule has 1 aliphatic rings. The zero-order valence-corrected chi connectivity index (χ0v) is 9.77. The molecule has 0 radical (unpaired) electrons. The predicted octanol–water partition coefficient (Wildman–Crippen LogP) is 0.0481. The molecule has 2 amide bonds. The van der Waals surface area contributed by atoms with Crippen LogP contribution in [0.3, 0.4) is 0 Å². The van der Waals surface area contributed by atoms with E-state index in [-0.39, 0.29) is 30.6 Å². The quantitative estimate of drug-likeness (QED) is 0.644. The zero-order chi connectivity index (χ0) is 11.5. The summed E-state index contributed by atoms with van der Waals surface area (Å²) in [4.78, 5) is 23.1. The average Bonchev–Trinajstić information content (AvgIpc) is 2.44. The Morgan fingerprint density at radius 3 is 2.60 bits per heavy atom. The van der Waals surface area contributed by atoms with Gasteiger partial charge in [-0.05, 0) is 6.92 Å². The third kappa shape index (κ3) is 3.47. The van der Waals surface area contributed by atoms with Crippen LogP contribution in [-0.4, -0.2) is 49.1 Å². The first-order chi connectivity index (χ1) is 6.96. The van der Waals surface area contributed by atoms with E-state index in [0.717, 1.165) is 16.7 Å². The summed E-state index contributed by atoms with van der Waals surface area (Å²) in [6.45, 7) is 1.48. The van der Waals surface area contributed by atoms with Gasteiger partial charge in [-0.2, -0.15) is 8.42 Å². The highest BCUT2D eigenvalue weighted by molar-refractivity contribution is 8.14. The SMILES string of the molecule is CCOS(=O)(=O)CCN1C(=O)CSC1=O. The van der Waals surface area contributed by atoms with Crippen molar-refractivity contribution in [2.45, 2.75) is 6.92 Å². The fourth-order valence-corrected chi connectivity index (χ4v) is 2.67. The lowest BCUT2D eigenvalue weighted by atomic mass is 10.5. The summed E-state index contributed by atoms with van der Waals surface area (Å²) in [6, 6.07) is 0. The van der Waals surface area contributed by atoms with E-state index in [1.165, 1.54) is 0 Å². The van der Waals surface area contributed by atoms with Gasteiger partial charge in [0.2, 0.25) is 5.91 Å². The Labute approximate surface area is 92.1 Å². The summed E-state index contributed by atoms with van der Waals surface area (Å²) < 4.78 is 26.7. The van der Waals surface area contributed by atoms with E-state index in [1.54, 1.807) is 6.92 Å². The molecule has 0 N–H and O–H groups in total. The number of imide groups is 1. The van der Waals surface area contributed by atoms with Crippen molar-refractivity contribution in [2.24, 2.45) is 0 Å². The van der Waals surface area contributed by atoms with Crippen LogP contribution in [0, 0.1) is 0 Å². The molecule has 8 heteroatoms. The highest BCUT2D eigenvalue weighted by Crippen LogP contribution is 2.18. The molecule has 0 aromatic carbocycles. The van der Waals surface area contributed by atoms with E-state index in [0.29, 0.717) is 0 Å². The first-order valence-electron chi connectivity index (χ1n) is 4.30. The molecule has 15 heavy (non-hydrogen) atoms. The second kappa shape index (κ2) is 4.95. The number of hydrogen-bond acceptors (Lipinski definition) is 6. The van der Waals surface area contributed by atoms with Gasteiger partial charge in [-0.1, -0.05) is 11.8 Å². The Hall–Kier alpha value is -0.600. The van der Waals surface area contributed by atoms with Gasteiger partial charge in [0.15, 0.2) is 0 Å². The molecule has 1 aliphatic heterocycles. The molecule has 0 aromatic rings. The van der Waals surface area contributed by atoms with E-state index < -0.39 is 15.4 Å². The fraction of sp³-hybridized carbons (Fsp3) is 0.714. The third-order valence-corrected chi connectivity index (χ3v) is 3.84. The molecule has 1 heterocycles. The van der Waals surface area contributed by atoms with Crippen molar-refractivity contribution < 1.29 is 22.2 Å². The van der Waals surface area contributed by atoms with E-state index in [2.05, 4.69) is 4.18 Å². The van der Waals surface area contributed by atoms with Gasteiger partial charge in [-0.15, -0.1) is 0 Å². The number of rotatable bonds is 5. The average molecular weight is 253 g/mol. The van der Waals surface area contributed by atoms with Crippen LogP contribution in [0.4, 0.5) is 4.79 Å². The molecule has 0 saturated carbocycles. The van der Waals surface area contributed by atoms with Crippen LogP contribution in [0.15, 0.2) is 0 Å². The molecule has 0 bridgehead atoms. The highest BCUT2D eigenvalue weighted by atomic mass is 32.2. The van der Waals surface area contributed by atoms with Gasteiger partial charge in [0.25, 0.3) is 15.4 Å². The molecule has 0 spiro atoms. The Kier molecular flexibility index (Phi) is 4.12. The smallest absolute Gasteiger partial charge is 0.273 e. The van der Waals surface area contributed by atoms with Crippen molar-refractivity contribution in [1.29, 1.82) is 0 Å². The minimum atomic E-state index is -3.62. The van der Waals surface area contributed by atoms with Crippen LogP contribution in [0.2, 0.25) is 0 Å². The molecular weight excluding hydrogens is 242 g/mol. The van der Waals surface area contributed by atoms with Crippen LogP contribution in [0.5, 0.6) is 0 Å². The zero-order valence-electron chi connectivity index (χ0n) is 8.13. The Morgan fingerprint density at radius 2 is 2.13 bits per heavy atom. The first-order valence-corrected chi connectivity index (χ1v) is 6.87. The van der Waals surface area contributed by atoms with Crippen LogP contribution >= 0.6 is 11.8 Å². The molecule has 1 rings (SSSR count).